The smallest absolute Gasteiger partial charge is 0.284 e. The Morgan fingerprint density at radius 2 is 1.92 bits per heavy atom. The molecule has 1 aromatic carbocycles. The van der Waals surface area contributed by atoms with E-state index >= 15 is 0 Å². The van der Waals surface area contributed by atoms with Crippen LogP contribution in [0.15, 0.2) is 39.7 Å². The molecule has 1 amide bonds. The minimum absolute atomic E-state index is 0. The molecule has 2 rings (SSSR count). The molecule has 0 saturated carbocycles. The number of primary amides is 1. The first-order chi connectivity index (χ1) is 11.0. The van der Waals surface area contributed by atoms with Crippen LogP contribution in [-0.2, 0) is 13.1 Å². The highest BCUT2D eigenvalue weighted by atomic mass is 127. The first-order valence-corrected chi connectivity index (χ1v) is 6.76. The fourth-order valence-corrected chi connectivity index (χ4v) is 1.85. The molecule has 0 radical (unpaired) electrons. The number of aliphatic imine (C=N–C) groups is 1. The maximum absolute atomic E-state index is 13.5. The minimum atomic E-state index is -0.652. The van der Waals surface area contributed by atoms with Gasteiger partial charge in [0.15, 0.2) is 11.7 Å². The summed E-state index contributed by atoms with van der Waals surface area (Å²) in [6.45, 7) is 0.312. The number of nitrogens with one attached hydrogen (secondary N) is 2. The van der Waals surface area contributed by atoms with E-state index in [1.165, 1.54) is 13.1 Å². The number of carbonyl (C=O) groups excluding carboxylic acids is 1. The van der Waals surface area contributed by atoms with E-state index in [4.69, 9.17) is 10.2 Å². The highest BCUT2D eigenvalue weighted by molar-refractivity contribution is 14.0. The zero-order valence-corrected chi connectivity index (χ0v) is 15.1. The maximum atomic E-state index is 13.5. The number of hydrogen-bond acceptors (Lipinski definition) is 3. The predicted octanol–water partition coefficient (Wildman–Crippen LogP) is 2.14. The summed E-state index contributed by atoms with van der Waals surface area (Å²) < 4.78 is 31.8. The SMILES string of the molecule is CN=C(NCc1ccc(C(N)=O)o1)NCc1cc(F)ccc1F.I. The molecule has 0 spiro atoms. The second-order valence-electron chi connectivity index (χ2n) is 4.65. The Balaban J connectivity index is 0.00000288. The van der Waals surface area contributed by atoms with Crippen molar-refractivity contribution in [2.24, 2.45) is 10.7 Å². The lowest BCUT2D eigenvalue weighted by atomic mass is 10.2. The molecule has 130 valence electrons. The topological polar surface area (TPSA) is 92.6 Å². The van der Waals surface area contributed by atoms with Gasteiger partial charge in [-0.3, -0.25) is 9.79 Å². The molecule has 0 aliphatic rings. The van der Waals surface area contributed by atoms with Gasteiger partial charge >= 0.3 is 0 Å². The molecule has 0 aliphatic carbocycles. The minimum Gasteiger partial charge on any atom is -0.454 e. The van der Waals surface area contributed by atoms with Gasteiger partial charge in [0.05, 0.1) is 6.54 Å². The van der Waals surface area contributed by atoms with Crippen LogP contribution in [0.25, 0.3) is 0 Å². The maximum Gasteiger partial charge on any atom is 0.284 e. The third-order valence-electron chi connectivity index (χ3n) is 3.01. The number of rotatable bonds is 5. The molecule has 0 bridgehead atoms. The second-order valence-corrected chi connectivity index (χ2v) is 4.65. The number of benzene rings is 1. The summed E-state index contributed by atoms with van der Waals surface area (Å²) >= 11 is 0. The van der Waals surface area contributed by atoms with Crippen LogP contribution in [0.3, 0.4) is 0 Å². The summed E-state index contributed by atoms with van der Waals surface area (Å²) in [5, 5.41) is 5.77. The molecule has 0 fully saturated rings. The van der Waals surface area contributed by atoms with Gasteiger partial charge in [-0.1, -0.05) is 0 Å². The summed E-state index contributed by atoms with van der Waals surface area (Å²) in [4.78, 5) is 14.9. The molecule has 2 aromatic rings. The Morgan fingerprint density at radius 3 is 2.54 bits per heavy atom. The Bertz CT molecular complexity index is 734. The van der Waals surface area contributed by atoms with E-state index in [0.717, 1.165) is 18.2 Å². The molecule has 1 heterocycles. The fraction of sp³-hybridized carbons (Fsp3) is 0.200. The summed E-state index contributed by atoms with van der Waals surface area (Å²) in [6.07, 6.45) is 0. The molecule has 0 saturated heterocycles. The largest absolute Gasteiger partial charge is 0.454 e. The van der Waals surface area contributed by atoms with Crippen molar-refractivity contribution in [3.8, 4) is 0 Å². The van der Waals surface area contributed by atoms with Gasteiger partial charge < -0.3 is 20.8 Å². The van der Waals surface area contributed by atoms with Gasteiger partial charge in [-0.05, 0) is 30.3 Å². The fourth-order valence-electron chi connectivity index (χ4n) is 1.85. The molecule has 0 unspecified atom stereocenters. The Kier molecular flexibility index (Phi) is 7.62. The van der Waals surface area contributed by atoms with Crippen LogP contribution in [0.1, 0.15) is 21.9 Å². The number of carbonyl (C=O) groups is 1. The monoisotopic (exact) mass is 450 g/mol. The summed E-state index contributed by atoms with van der Waals surface area (Å²) in [7, 11) is 1.54. The average Bonchev–Trinajstić information content (AvgIpc) is 3.00. The van der Waals surface area contributed by atoms with Crippen LogP contribution in [-0.4, -0.2) is 18.9 Å². The normalized spacial score (nSPS) is 10.9. The third-order valence-corrected chi connectivity index (χ3v) is 3.01. The Morgan fingerprint density at radius 1 is 1.21 bits per heavy atom. The number of guanidine groups is 1. The van der Waals surface area contributed by atoms with Crippen molar-refractivity contribution in [3.63, 3.8) is 0 Å². The van der Waals surface area contributed by atoms with Crippen molar-refractivity contribution in [3.05, 3.63) is 59.1 Å². The molecular weight excluding hydrogens is 433 g/mol. The van der Waals surface area contributed by atoms with Crippen molar-refractivity contribution < 1.29 is 18.0 Å². The summed E-state index contributed by atoms with van der Waals surface area (Å²) in [5.74, 6) is -0.761. The van der Waals surface area contributed by atoms with Crippen molar-refractivity contribution in [2.45, 2.75) is 13.1 Å². The van der Waals surface area contributed by atoms with Gasteiger partial charge in [0.25, 0.3) is 5.91 Å². The second kappa shape index (κ2) is 9.21. The highest BCUT2D eigenvalue weighted by Crippen LogP contribution is 2.09. The van der Waals surface area contributed by atoms with E-state index in [9.17, 15) is 13.6 Å². The van der Waals surface area contributed by atoms with E-state index in [1.807, 2.05) is 0 Å². The summed E-state index contributed by atoms with van der Waals surface area (Å²) in [5.41, 5.74) is 5.27. The van der Waals surface area contributed by atoms with Gasteiger partial charge in [0, 0.05) is 19.2 Å². The number of nitrogens with two attached hydrogens (primary N) is 1. The van der Waals surface area contributed by atoms with Gasteiger partial charge in [-0.25, -0.2) is 8.78 Å². The van der Waals surface area contributed by atoms with Crippen molar-refractivity contribution in [1.29, 1.82) is 0 Å². The van der Waals surface area contributed by atoms with Gasteiger partial charge in [0.2, 0.25) is 0 Å². The average molecular weight is 450 g/mol. The van der Waals surface area contributed by atoms with E-state index in [0.29, 0.717) is 11.7 Å². The van der Waals surface area contributed by atoms with E-state index in [-0.39, 0.29) is 48.4 Å². The zero-order chi connectivity index (χ0) is 16.8. The third kappa shape index (κ3) is 5.48. The molecule has 6 nitrogen and oxygen atoms in total. The molecule has 1 aromatic heterocycles. The van der Waals surface area contributed by atoms with Gasteiger partial charge in [-0.15, -0.1) is 24.0 Å². The number of hydrogen-bond donors (Lipinski definition) is 3. The van der Waals surface area contributed by atoms with E-state index < -0.39 is 17.5 Å². The van der Waals surface area contributed by atoms with Crippen LogP contribution in [0.5, 0.6) is 0 Å². The molecule has 9 heteroatoms. The van der Waals surface area contributed by atoms with Crippen LogP contribution < -0.4 is 16.4 Å². The molecule has 4 N–H and O–H groups in total. The highest BCUT2D eigenvalue weighted by Gasteiger charge is 2.08. The first kappa shape index (κ1) is 19.9. The van der Waals surface area contributed by atoms with Crippen molar-refractivity contribution in [1.82, 2.24) is 10.6 Å². The zero-order valence-electron chi connectivity index (χ0n) is 12.8. The lowest BCUT2D eigenvalue weighted by Crippen LogP contribution is -2.36. The van der Waals surface area contributed by atoms with Gasteiger partial charge in [0.1, 0.15) is 17.4 Å². The molecule has 24 heavy (non-hydrogen) atoms. The predicted molar refractivity (Wildman–Crippen MR) is 96.0 cm³/mol. The molecule has 0 aliphatic heterocycles. The lowest BCUT2D eigenvalue weighted by Gasteiger charge is -2.11. The van der Waals surface area contributed by atoms with E-state index in [2.05, 4.69) is 15.6 Å². The molecular formula is C15H17F2IN4O2. The number of amides is 1. The Hall–Kier alpha value is -2.17. The van der Waals surface area contributed by atoms with Crippen LogP contribution in [0.4, 0.5) is 8.78 Å². The van der Waals surface area contributed by atoms with Gasteiger partial charge in [-0.2, -0.15) is 0 Å². The van der Waals surface area contributed by atoms with E-state index in [1.54, 1.807) is 6.07 Å². The number of nitrogens with zero attached hydrogens (tertiary/aromatic N) is 1. The summed E-state index contributed by atoms with van der Waals surface area (Å²) in [6, 6.07) is 6.31. The quantitative estimate of drug-likeness (QED) is 0.370. The Labute approximate surface area is 154 Å². The number of halogens is 3. The first-order valence-electron chi connectivity index (χ1n) is 6.76. The van der Waals surface area contributed by atoms with Crippen LogP contribution in [0.2, 0.25) is 0 Å². The van der Waals surface area contributed by atoms with Crippen molar-refractivity contribution >= 4 is 35.8 Å². The molecule has 0 atom stereocenters. The standard InChI is InChI=1S/C15H16F2N4O2.HI/c1-19-15(20-7-9-6-10(16)2-4-12(9)17)21-8-11-3-5-13(23-11)14(18)22;/h2-6H,7-8H2,1H3,(H2,18,22)(H2,19,20,21);1H. The lowest BCUT2D eigenvalue weighted by molar-refractivity contribution is 0.0972. The number of furan rings is 1. The van der Waals surface area contributed by atoms with Crippen molar-refractivity contribution in [2.75, 3.05) is 7.05 Å². The van der Waals surface area contributed by atoms with Crippen LogP contribution in [0, 0.1) is 11.6 Å². The van der Waals surface area contributed by atoms with Crippen LogP contribution >= 0.6 is 24.0 Å².